The van der Waals surface area contributed by atoms with Crippen LogP contribution < -0.4 is 0 Å². The molecule has 30 heavy (non-hydrogen) atoms. The van der Waals surface area contributed by atoms with E-state index in [1.165, 1.54) is 0 Å². The van der Waals surface area contributed by atoms with Gasteiger partial charge >= 0.3 is 11.9 Å². The van der Waals surface area contributed by atoms with Crippen LogP contribution in [0.1, 0.15) is 65.2 Å². The summed E-state index contributed by atoms with van der Waals surface area (Å²) in [5, 5.41) is 9.31. The molecule has 0 bridgehead atoms. The highest BCUT2D eigenvalue weighted by Crippen LogP contribution is 2.14. The number of hydrogen-bond acceptors (Lipinski definition) is 7. The highest BCUT2D eigenvalue weighted by atomic mass is 16.6. The van der Waals surface area contributed by atoms with Crippen molar-refractivity contribution in [3.8, 4) is 0 Å². The van der Waals surface area contributed by atoms with Crippen molar-refractivity contribution in [2.75, 3.05) is 59.5 Å². The minimum atomic E-state index is -0.860. The Hall–Kier alpha value is -1.22. The molecule has 0 aromatic carbocycles. The monoisotopic (exact) mass is 434 g/mol. The zero-order chi connectivity index (χ0) is 22.3. The van der Waals surface area contributed by atoms with E-state index in [2.05, 4.69) is 13.8 Å². The summed E-state index contributed by atoms with van der Waals surface area (Å²) in [6.45, 7) is 8.61. The molecule has 0 fully saturated rings. The fourth-order valence-electron chi connectivity index (χ4n) is 2.53. The first kappa shape index (κ1) is 28.8. The maximum atomic E-state index is 11.7. The number of unbranched alkanes of at least 4 members (excludes halogenated alkanes) is 2. The number of carboxylic acids is 1. The first-order valence-electron chi connectivity index (χ1n) is 11.3. The van der Waals surface area contributed by atoms with Gasteiger partial charge in [-0.3, -0.25) is 9.59 Å². The quantitative estimate of drug-likeness (QED) is 0.193. The molecule has 0 spiro atoms. The number of ether oxygens (including phenoxy) is 5. The van der Waals surface area contributed by atoms with Gasteiger partial charge in [0.25, 0.3) is 0 Å². The average Bonchev–Trinajstić information content (AvgIpc) is 2.73. The Morgan fingerprint density at radius 1 is 0.667 bits per heavy atom. The van der Waals surface area contributed by atoms with Crippen LogP contribution in [0.4, 0.5) is 0 Å². The van der Waals surface area contributed by atoms with Crippen molar-refractivity contribution < 1.29 is 38.4 Å². The zero-order valence-electron chi connectivity index (χ0n) is 18.9. The van der Waals surface area contributed by atoms with Gasteiger partial charge in [0.15, 0.2) is 0 Å². The van der Waals surface area contributed by atoms with E-state index in [9.17, 15) is 14.7 Å². The van der Waals surface area contributed by atoms with Crippen molar-refractivity contribution in [3.63, 3.8) is 0 Å². The van der Waals surface area contributed by atoms with Crippen molar-refractivity contribution in [3.05, 3.63) is 0 Å². The molecule has 0 amide bonds. The summed E-state index contributed by atoms with van der Waals surface area (Å²) in [5.74, 6) is -1.71. The lowest BCUT2D eigenvalue weighted by Crippen LogP contribution is -2.18. The summed E-state index contributed by atoms with van der Waals surface area (Å²) in [4.78, 5) is 23.1. The minimum Gasteiger partial charge on any atom is -0.481 e. The third kappa shape index (κ3) is 20.1. The Labute approximate surface area is 181 Å². The first-order valence-corrected chi connectivity index (χ1v) is 11.3. The third-order valence-corrected chi connectivity index (χ3v) is 4.41. The van der Waals surface area contributed by atoms with E-state index in [1.807, 2.05) is 0 Å². The van der Waals surface area contributed by atoms with Gasteiger partial charge in [-0.1, -0.05) is 26.7 Å². The van der Waals surface area contributed by atoms with Crippen LogP contribution in [0.25, 0.3) is 0 Å². The first-order chi connectivity index (χ1) is 14.6. The van der Waals surface area contributed by atoms with Crippen molar-refractivity contribution >= 4 is 11.9 Å². The molecule has 1 unspecified atom stereocenters. The Balaban J connectivity index is 3.60. The van der Waals surface area contributed by atoms with E-state index < -0.39 is 11.9 Å². The van der Waals surface area contributed by atoms with Crippen LogP contribution in [0.5, 0.6) is 0 Å². The Morgan fingerprint density at radius 2 is 1.17 bits per heavy atom. The minimum absolute atomic E-state index is 0.199. The number of carbonyl (C=O) groups excluding carboxylic acids is 1. The number of carboxylic acid groups (broad SMARTS) is 1. The molecule has 0 aromatic heterocycles. The Kier molecular flexibility index (Phi) is 21.6. The van der Waals surface area contributed by atoms with Crippen molar-refractivity contribution in [1.82, 2.24) is 0 Å². The standard InChI is InChI=1S/C22H42O8/c1-3-5-11-26-14-16-28-13-10-20(22(24)25)8-7-9-21(23)30-19-18-29-17-15-27-12-6-4-2/h20H,3-19H2,1-2H3,(H,24,25). The fraction of sp³-hybridized carbons (Fsp3) is 0.909. The summed E-state index contributed by atoms with van der Waals surface area (Å²) in [6.07, 6.45) is 5.80. The second-order valence-electron chi connectivity index (χ2n) is 7.09. The van der Waals surface area contributed by atoms with Crippen LogP contribution in [-0.2, 0) is 33.3 Å². The zero-order valence-corrected chi connectivity index (χ0v) is 18.9. The van der Waals surface area contributed by atoms with E-state index >= 15 is 0 Å². The third-order valence-electron chi connectivity index (χ3n) is 4.41. The maximum Gasteiger partial charge on any atom is 0.306 e. The summed E-state index contributed by atoms with van der Waals surface area (Å²) < 4.78 is 26.6. The molecule has 1 N–H and O–H groups in total. The number of esters is 1. The van der Waals surface area contributed by atoms with Crippen molar-refractivity contribution in [1.29, 1.82) is 0 Å². The molecular formula is C22H42O8. The topological polar surface area (TPSA) is 101 Å². The molecule has 0 aliphatic carbocycles. The molecule has 0 radical (unpaired) electrons. The van der Waals surface area contributed by atoms with Gasteiger partial charge in [-0.15, -0.1) is 0 Å². The largest absolute Gasteiger partial charge is 0.481 e. The summed E-state index contributed by atoms with van der Waals surface area (Å²) in [6, 6.07) is 0. The molecular weight excluding hydrogens is 392 g/mol. The van der Waals surface area contributed by atoms with Crippen LogP contribution in [0, 0.1) is 5.92 Å². The van der Waals surface area contributed by atoms with Gasteiger partial charge in [0.1, 0.15) is 6.61 Å². The smallest absolute Gasteiger partial charge is 0.306 e. The molecule has 0 aromatic rings. The summed E-state index contributed by atoms with van der Waals surface area (Å²) in [5.41, 5.74) is 0. The summed E-state index contributed by atoms with van der Waals surface area (Å²) >= 11 is 0. The number of hydrogen-bond donors (Lipinski definition) is 1. The van der Waals surface area contributed by atoms with Crippen LogP contribution >= 0.6 is 0 Å². The van der Waals surface area contributed by atoms with Gasteiger partial charge < -0.3 is 28.8 Å². The van der Waals surface area contributed by atoms with Crippen molar-refractivity contribution in [2.24, 2.45) is 5.92 Å². The maximum absolute atomic E-state index is 11.7. The SMILES string of the molecule is CCCCOCCOCCOC(=O)CCCC(CCOCCOCCCC)C(=O)O. The van der Waals surface area contributed by atoms with Gasteiger partial charge in [-0.05, 0) is 32.1 Å². The molecule has 0 aliphatic heterocycles. The molecule has 0 heterocycles. The predicted octanol–water partition coefficient (Wildman–Crippen LogP) is 3.46. The molecule has 0 rings (SSSR count). The van der Waals surface area contributed by atoms with E-state index in [1.54, 1.807) is 0 Å². The molecule has 0 aliphatic rings. The van der Waals surface area contributed by atoms with Crippen molar-refractivity contribution in [2.45, 2.75) is 65.2 Å². The molecule has 0 saturated carbocycles. The van der Waals surface area contributed by atoms with E-state index in [-0.39, 0.29) is 19.0 Å². The van der Waals surface area contributed by atoms with E-state index in [4.69, 9.17) is 23.7 Å². The van der Waals surface area contributed by atoms with Gasteiger partial charge in [-0.2, -0.15) is 0 Å². The lowest BCUT2D eigenvalue weighted by molar-refractivity contribution is -0.147. The highest BCUT2D eigenvalue weighted by Gasteiger charge is 2.17. The van der Waals surface area contributed by atoms with E-state index in [0.29, 0.717) is 58.9 Å². The van der Waals surface area contributed by atoms with Gasteiger partial charge in [0.05, 0.1) is 39.0 Å². The number of rotatable bonds is 23. The fourth-order valence-corrected chi connectivity index (χ4v) is 2.53. The lowest BCUT2D eigenvalue weighted by atomic mass is 9.99. The van der Waals surface area contributed by atoms with Gasteiger partial charge in [-0.25, -0.2) is 0 Å². The van der Waals surface area contributed by atoms with E-state index in [0.717, 1.165) is 38.9 Å². The average molecular weight is 435 g/mol. The molecule has 178 valence electrons. The van der Waals surface area contributed by atoms with Crippen LogP contribution in [0.3, 0.4) is 0 Å². The lowest BCUT2D eigenvalue weighted by Gasteiger charge is -2.12. The highest BCUT2D eigenvalue weighted by molar-refractivity contribution is 5.71. The molecule has 8 nitrogen and oxygen atoms in total. The van der Waals surface area contributed by atoms with Gasteiger partial charge in [0.2, 0.25) is 0 Å². The molecule has 8 heteroatoms. The Bertz CT molecular complexity index is 403. The number of carbonyl (C=O) groups is 2. The van der Waals surface area contributed by atoms with Gasteiger partial charge in [0, 0.05) is 26.2 Å². The Morgan fingerprint density at radius 3 is 1.70 bits per heavy atom. The second-order valence-corrected chi connectivity index (χ2v) is 7.09. The van der Waals surface area contributed by atoms with Crippen LogP contribution in [0.2, 0.25) is 0 Å². The van der Waals surface area contributed by atoms with Crippen LogP contribution in [-0.4, -0.2) is 76.5 Å². The summed E-state index contributed by atoms with van der Waals surface area (Å²) in [7, 11) is 0. The van der Waals surface area contributed by atoms with Crippen LogP contribution in [0.15, 0.2) is 0 Å². The predicted molar refractivity (Wildman–Crippen MR) is 114 cm³/mol. The number of aliphatic carboxylic acids is 1. The normalized spacial score (nSPS) is 12.1. The molecule has 1 atom stereocenters. The molecule has 0 saturated heterocycles. The second kappa shape index (κ2) is 22.5.